The van der Waals surface area contributed by atoms with Crippen molar-refractivity contribution in [2.75, 3.05) is 0 Å². The molecular formula is C24H25N5O. The first-order valence-electron chi connectivity index (χ1n) is 10.00. The zero-order chi connectivity index (χ0) is 21.1. The first-order valence-corrected chi connectivity index (χ1v) is 10.00. The lowest BCUT2D eigenvalue weighted by Gasteiger charge is -2.13. The van der Waals surface area contributed by atoms with Crippen LogP contribution in [-0.4, -0.2) is 25.5 Å². The van der Waals surface area contributed by atoms with Gasteiger partial charge in [0, 0.05) is 17.5 Å². The van der Waals surface area contributed by atoms with Crippen LogP contribution in [0.1, 0.15) is 45.7 Å². The first kappa shape index (κ1) is 19.6. The number of carbonyl (C=O) groups excluding carboxylic acids is 1. The van der Waals surface area contributed by atoms with Crippen molar-refractivity contribution in [2.24, 2.45) is 0 Å². The number of hydrogen-bond donors (Lipinski definition) is 1. The van der Waals surface area contributed by atoms with Crippen molar-refractivity contribution < 1.29 is 4.79 Å². The second-order valence-corrected chi connectivity index (χ2v) is 7.54. The second kappa shape index (κ2) is 8.37. The highest BCUT2D eigenvalue weighted by Crippen LogP contribution is 2.21. The van der Waals surface area contributed by atoms with Crippen LogP contribution in [0, 0.1) is 13.8 Å². The minimum Gasteiger partial charge on any atom is -0.345 e. The summed E-state index contributed by atoms with van der Waals surface area (Å²) in [5.74, 6) is -0.149. The molecule has 2 aromatic heterocycles. The fourth-order valence-corrected chi connectivity index (χ4v) is 3.49. The van der Waals surface area contributed by atoms with E-state index in [1.54, 1.807) is 17.1 Å². The molecule has 1 unspecified atom stereocenters. The summed E-state index contributed by atoms with van der Waals surface area (Å²) in [4.78, 5) is 12.7. The summed E-state index contributed by atoms with van der Waals surface area (Å²) in [6, 6.07) is 18.1. The molecule has 1 atom stereocenters. The van der Waals surface area contributed by atoms with Gasteiger partial charge < -0.3 is 5.32 Å². The van der Waals surface area contributed by atoms with Crippen LogP contribution in [0.3, 0.4) is 0 Å². The molecule has 0 spiro atoms. The normalized spacial score (nSPS) is 12.0. The van der Waals surface area contributed by atoms with Gasteiger partial charge >= 0.3 is 0 Å². The van der Waals surface area contributed by atoms with E-state index in [1.807, 2.05) is 67.2 Å². The second-order valence-electron chi connectivity index (χ2n) is 7.54. The van der Waals surface area contributed by atoms with Crippen LogP contribution in [-0.2, 0) is 6.54 Å². The van der Waals surface area contributed by atoms with Gasteiger partial charge in [0.2, 0.25) is 0 Å². The van der Waals surface area contributed by atoms with E-state index in [1.165, 1.54) is 5.56 Å². The summed E-state index contributed by atoms with van der Waals surface area (Å²) in [6.07, 6.45) is 5.20. The zero-order valence-corrected chi connectivity index (χ0v) is 17.4. The number of aryl methyl sites for hydroxylation is 1. The zero-order valence-electron chi connectivity index (χ0n) is 17.4. The Kier molecular flexibility index (Phi) is 5.48. The Hall–Kier alpha value is -3.67. The molecule has 0 bridgehead atoms. The van der Waals surface area contributed by atoms with Gasteiger partial charge in [0.25, 0.3) is 5.91 Å². The lowest BCUT2D eigenvalue weighted by molar-refractivity contribution is 0.0939. The van der Waals surface area contributed by atoms with E-state index in [0.29, 0.717) is 12.1 Å². The molecule has 4 rings (SSSR count). The molecule has 0 radical (unpaired) electrons. The van der Waals surface area contributed by atoms with Crippen LogP contribution in [0.2, 0.25) is 0 Å². The summed E-state index contributed by atoms with van der Waals surface area (Å²) in [7, 11) is 0. The highest BCUT2D eigenvalue weighted by molar-refractivity contribution is 5.93. The van der Waals surface area contributed by atoms with Crippen molar-refractivity contribution in [1.82, 2.24) is 24.9 Å². The van der Waals surface area contributed by atoms with Gasteiger partial charge in [0.15, 0.2) is 0 Å². The predicted octanol–water partition coefficient (Wildman–Crippen LogP) is 4.22. The van der Waals surface area contributed by atoms with E-state index in [9.17, 15) is 4.79 Å². The average molecular weight is 399 g/mol. The Morgan fingerprint density at radius 3 is 2.47 bits per heavy atom. The maximum atomic E-state index is 12.7. The van der Waals surface area contributed by atoms with Crippen molar-refractivity contribution >= 4 is 5.91 Å². The topological polar surface area (TPSA) is 64.7 Å². The maximum absolute atomic E-state index is 12.7. The molecule has 4 aromatic rings. The van der Waals surface area contributed by atoms with Crippen molar-refractivity contribution in [3.63, 3.8) is 0 Å². The Morgan fingerprint density at radius 2 is 1.73 bits per heavy atom. The van der Waals surface area contributed by atoms with Gasteiger partial charge in [-0.05, 0) is 38.5 Å². The molecule has 1 N–H and O–H groups in total. The highest BCUT2D eigenvalue weighted by atomic mass is 16.1. The molecular weight excluding hydrogens is 374 g/mol. The van der Waals surface area contributed by atoms with E-state index in [2.05, 4.69) is 34.6 Å². The third-order valence-electron chi connectivity index (χ3n) is 5.22. The van der Waals surface area contributed by atoms with Gasteiger partial charge in [-0.25, -0.2) is 4.68 Å². The van der Waals surface area contributed by atoms with Crippen molar-refractivity contribution in [3.05, 3.63) is 101 Å². The smallest absolute Gasteiger partial charge is 0.254 e. The number of carbonyl (C=O) groups is 1. The number of rotatable bonds is 6. The molecule has 1 amide bonds. The summed E-state index contributed by atoms with van der Waals surface area (Å²) >= 11 is 0. The highest BCUT2D eigenvalue weighted by Gasteiger charge is 2.18. The van der Waals surface area contributed by atoms with Crippen molar-refractivity contribution in [1.29, 1.82) is 0 Å². The molecule has 2 heterocycles. The van der Waals surface area contributed by atoms with Gasteiger partial charge in [0.05, 0.1) is 36.2 Å². The summed E-state index contributed by atoms with van der Waals surface area (Å²) in [5.41, 5.74) is 5.88. The van der Waals surface area contributed by atoms with E-state index >= 15 is 0 Å². The minimum atomic E-state index is -0.172. The molecule has 0 saturated carbocycles. The predicted molar refractivity (Wildman–Crippen MR) is 117 cm³/mol. The Bertz CT molecular complexity index is 1140. The van der Waals surface area contributed by atoms with Crippen molar-refractivity contribution in [2.45, 2.75) is 33.4 Å². The van der Waals surface area contributed by atoms with Crippen LogP contribution in [0.5, 0.6) is 0 Å². The Morgan fingerprint density at radius 1 is 1.00 bits per heavy atom. The van der Waals surface area contributed by atoms with E-state index in [4.69, 9.17) is 0 Å². The molecule has 6 heteroatoms. The molecule has 0 aliphatic heterocycles. The molecule has 0 saturated heterocycles. The Balaban J connectivity index is 1.45. The van der Waals surface area contributed by atoms with Crippen LogP contribution >= 0.6 is 0 Å². The van der Waals surface area contributed by atoms with E-state index < -0.39 is 0 Å². The number of nitrogens with one attached hydrogen (secondary N) is 1. The van der Waals surface area contributed by atoms with Gasteiger partial charge in [-0.3, -0.25) is 9.48 Å². The summed E-state index contributed by atoms with van der Waals surface area (Å²) < 4.78 is 3.67. The lowest BCUT2D eigenvalue weighted by Crippen LogP contribution is -2.26. The van der Waals surface area contributed by atoms with E-state index in [-0.39, 0.29) is 11.9 Å². The van der Waals surface area contributed by atoms with Gasteiger partial charge in [0.1, 0.15) is 0 Å². The number of nitrogens with zero attached hydrogens (tertiary/aromatic N) is 4. The molecule has 30 heavy (non-hydrogen) atoms. The molecule has 6 nitrogen and oxygen atoms in total. The lowest BCUT2D eigenvalue weighted by atomic mass is 10.1. The quantitative estimate of drug-likeness (QED) is 0.528. The summed E-state index contributed by atoms with van der Waals surface area (Å²) in [5, 5.41) is 11.9. The number of benzene rings is 2. The molecule has 0 fully saturated rings. The number of hydrogen-bond acceptors (Lipinski definition) is 3. The maximum Gasteiger partial charge on any atom is 0.254 e. The number of aromatic nitrogens is 4. The van der Waals surface area contributed by atoms with Crippen LogP contribution in [0.15, 0.2) is 73.2 Å². The molecule has 2 aromatic carbocycles. The SMILES string of the molecule is Cc1ccc(-n2ncc(C(C)NC(=O)c3cnn(Cc4ccccc4)c3)c2C)cc1. The Labute approximate surface area is 176 Å². The third-order valence-corrected chi connectivity index (χ3v) is 5.22. The van der Waals surface area contributed by atoms with Crippen molar-refractivity contribution in [3.8, 4) is 5.69 Å². The van der Waals surface area contributed by atoms with Gasteiger partial charge in [-0.2, -0.15) is 10.2 Å². The standard InChI is InChI=1S/C24H25N5O/c1-17-9-11-22(12-10-17)29-19(3)23(14-26-29)18(2)27-24(30)21-13-25-28(16-21)15-20-7-5-4-6-8-20/h4-14,16,18H,15H2,1-3H3,(H,27,30). The van der Waals surface area contributed by atoms with Crippen LogP contribution in [0.4, 0.5) is 0 Å². The molecule has 152 valence electrons. The van der Waals surface area contributed by atoms with Crippen LogP contribution in [0.25, 0.3) is 5.69 Å². The van der Waals surface area contributed by atoms with Crippen LogP contribution < -0.4 is 5.32 Å². The fourth-order valence-electron chi connectivity index (χ4n) is 3.49. The van der Waals surface area contributed by atoms with Gasteiger partial charge in [-0.1, -0.05) is 48.0 Å². The largest absolute Gasteiger partial charge is 0.345 e. The monoisotopic (exact) mass is 399 g/mol. The van der Waals surface area contributed by atoms with Gasteiger partial charge in [-0.15, -0.1) is 0 Å². The fraction of sp³-hybridized carbons (Fsp3) is 0.208. The third kappa shape index (κ3) is 4.17. The molecule has 0 aliphatic rings. The number of amides is 1. The summed E-state index contributed by atoms with van der Waals surface area (Å²) in [6.45, 7) is 6.68. The average Bonchev–Trinajstić information content (AvgIpc) is 3.36. The molecule has 0 aliphatic carbocycles. The van der Waals surface area contributed by atoms with E-state index in [0.717, 1.165) is 22.5 Å². The first-order chi connectivity index (χ1) is 14.5. The minimum absolute atomic E-state index is 0.149.